The van der Waals surface area contributed by atoms with Gasteiger partial charge in [0, 0.05) is 17.6 Å². The first-order chi connectivity index (χ1) is 11.2. The first kappa shape index (κ1) is 14.7. The maximum Gasteiger partial charge on any atom is 0.236 e. The largest absolute Gasteiger partial charge is 0.346 e. The summed E-state index contributed by atoms with van der Waals surface area (Å²) in [5.74, 6) is 0.317. The Labute approximate surface area is 139 Å². The van der Waals surface area contributed by atoms with E-state index in [9.17, 15) is 8.42 Å². The van der Waals surface area contributed by atoms with Gasteiger partial charge in [-0.2, -0.15) is 8.42 Å². The Hall–Kier alpha value is -1.86. The lowest BCUT2D eigenvalue weighted by atomic mass is 9.95. The molecule has 1 fully saturated rings. The average Bonchev–Trinajstić information content (AvgIpc) is 3.18. The van der Waals surface area contributed by atoms with Crippen LogP contribution in [0.5, 0.6) is 0 Å². The van der Waals surface area contributed by atoms with Gasteiger partial charge in [-0.15, -0.1) is 0 Å². The molecular weight excluding hydrogens is 336 g/mol. The van der Waals surface area contributed by atoms with Crippen molar-refractivity contribution in [3.63, 3.8) is 0 Å². The van der Waals surface area contributed by atoms with Crippen molar-refractivity contribution in [2.24, 2.45) is 0 Å². The molecule has 0 unspecified atom stereocenters. The molecule has 0 aromatic carbocycles. The highest BCUT2D eigenvalue weighted by molar-refractivity contribution is 7.76. The normalized spacial score (nSPS) is 16.2. The summed E-state index contributed by atoms with van der Waals surface area (Å²) in [7, 11) is -2.51. The second kappa shape index (κ2) is 5.65. The number of nitrogens with one attached hydrogen (secondary N) is 1. The molecule has 120 valence electrons. The highest BCUT2D eigenvalue weighted by Crippen LogP contribution is 2.35. The van der Waals surface area contributed by atoms with Crippen LogP contribution in [0, 0.1) is 0 Å². The molecule has 1 aliphatic rings. The average molecular weight is 351 g/mol. The van der Waals surface area contributed by atoms with Crippen LogP contribution in [-0.4, -0.2) is 32.3 Å². The van der Waals surface area contributed by atoms with Crippen LogP contribution in [0.1, 0.15) is 44.0 Å². The number of aromatic amines is 1. The molecule has 4 rings (SSSR count). The minimum absolute atomic E-state index is 0.210. The minimum Gasteiger partial charge on any atom is -0.346 e. The summed E-state index contributed by atoms with van der Waals surface area (Å²) < 4.78 is 24.5. The van der Waals surface area contributed by atoms with Gasteiger partial charge >= 0.3 is 0 Å². The number of halogens is 1. The van der Waals surface area contributed by atoms with Crippen LogP contribution in [0.25, 0.3) is 22.1 Å². The van der Waals surface area contributed by atoms with Gasteiger partial charge < -0.3 is 9.55 Å². The van der Waals surface area contributed by atoms with Crippen LogP contribution in [0.2, 0.25) is 0 Å². The van der Waals surface area contributed by atoms with Crippen molar-refractivity contribution in [1.29, 1.82) is 0 Å². The molecule has 0 atom stereocenters. The van der Waals surface area contributed by atoms with E-state index in [0.29, 0.717) is 11.3 Å². The zero-order valence-electron chi connectivity index (χ0n) is 12.3. The molecular formula is C15H15ClN4O2S. The van der Waals surface area contributed by atoms with Crippen molar-refractivity contribution >= 4 is 48.3 Å². The van der Waals surface area contributed by atoms with Crippen LogP contribution in [0.4, 0.5) is 0 Å². The monoisotopic (exact) mass is 350 g/mol. The van der Waals surface area contributed by atoms with Gasteiger partial charge in [0.25, 0.3) is 0 Å². The van der Waals surface area contributed by atoms with Crippen molar-refractivity contribution in [3.8, 4) is 0 Å². The summed E-state index contributed by atoms with van der Waals surface area (Å²) in [5, 5.41) is 0.938. The Morgan fingerprint density at radius 3 is 2.83 bits per heavy atom. The number of aromatic nitrogens is 4. The topological polar surface area (TPSA) is 80.6 Å². The summed E-state index contributed by atoms with van der Waals surface area (Å²) in [6, 6.07) is 2.15. The molecule has 1 N–H and O–H groups in total. The zero-order chi connectivity index (χ0) is 16.0. The quantitative estimate of drug-likeness (QED) is 0.569. The molecule has 0 amide bonds. The molecule has 23 heavy (non-hydrogen) atoms. The first-order valence-electron chi connectivity index (χ1n) is 7.63. The third-order valence-electron chi connectivity index (χ3n) is 4.50. The van der Waals surface area contributed by atoms with Gasteiger partial charge in [-0.05, 0) is 18.9 Å². The van der Waals surface area contributed by atoms with Gasteiger partial charge in [-0.1, -0.05) is 30.9 Å². The Bertz CT molecular complexity index is 1020. The number of nitrogens with zero attached hydrogens (tertiary/aromatic N) is 3. The van der Waals surface area contributed by atoms with Gasteiger partial charge in [0.15, 0.2) is 5.82 Å². The fourth-order valence-corrected chi connectivity index (χ4v) is 3.93. The van der Waals surface area contributed by atoms with Gasteiger partial charge in [0.05, 0.1) is 11.7 Å². The standard InChI is InChI=1S/C15H15ClN4O2S/c16-13(23(21)22)15-19-11-8-18-14-10(6-7-17-14)12(11)20(15)9-4-2-1-3-5-9/h6-9H,1-5H2,(H,17,18). The smallest absolute Gasteiger partial charge is 0.236 e. The lowest BCUT2D eigenvalue weighted by Gasteiger charge is -2.25. The maximum atomic E-state index is 11.4. The predicted molar refractivity (Wildman–Crippen MR) is 90.4 cm³/mol. The van der Waals surface area contributed by atoms with Crippen molar-refractivity contribution in [2.45, 2.75) is 38.1 Å². The van der Waals surface area contributed by atoms with Crippen molar-refractivity contribution < 1.29 is 8.42 Å². The van der Waals surface area contributed by atoms with Gasteiger partial charge in [-0.25, -0.2) is 9.97 Å². The predicted octanol–water partition coefficient (Wildman–Crippen LogP) is 3.01. The van der Waals surface area contributed by atoms with E-state index in [4.69, 9.17) is 11.6 Å². The zero-order valence-corrected chi connectivity index (χ0v) is 13.9. The van der Waals surface area contributed by atoms with Crippen LogP contribution in [-0.2, 0) is 10.3 Å². The van der Waals surface area contributed by atoms with Crippen molar-refractivity contribution in [1.82, 2.24) is 19.5 Å². The molecule has 0 saturated heterocycles. The molecule has 0 radical (unpaired) electrons. The highest BCUT2D eigenvalue weighted by Gasteiger charge is 2.25. The SMILES string of the molecule is O=S(=O)=C(Cl)c1nc2cnc3[nH]ccc3c2n1C1CCCCC1. The Morgan fingerprint density at radius 2 is 2.09 bits per heavy atom. The number of pyridine rings is 1. The Morgan fingerprint density at radius 1 is 1.30 bits per heavy atom. The number of hydrogen-bond donors (Lipinski definition) is 1. The fourth-order valence-electron chi connectivity index (χ4n) is 3.50. The van der Waals surface area contributed by atoms with Crippen LogP contribution >= 0.6 is 11.6 Å². The molecule has 1 saturated carbocycles. The molecule has 0 aliphatic heterocycles. The summed E-state index contributed by atoms with van der Waals surface area (Å²) in [5.41, 5.74) is 2.34. The molecule has 6 nitrogen and oxygen atoms in total. The number of rotatable bonds is 2. The molecule has 8 heteroatoms. The molecule has 0 bridgehead atoms. The molecule has 0 spiro atoms. The summed E-state index contributed by atoms with van der Waals surface area (Å²) in [6.07, 6.45) is 8.96. The van der Waals surface area contributed by atoms with E-state index in [1.165, 1.54) is 6.42 Å². The first-order valence-corrected chi connectivity index (χ1v) is 9.08. The second-order valence-corrected chi connectivity index (χ2v) is 7.32. The summed E-state index contributed by atoms with van der Waals surface area (Å²) in [4.78, 5) is 11.9. The highest BCUT2D eigenvalue weighted by atomic mass is 35.5. The second-order valence-electron chi connectivity index (χ2n) is 5.84. The van der Waals surface area contributed by atoms with E-state index >= 15 is 0 Å². The van der Waals surface area contributed by atoms with Gasteiger partial charge in [0.2, 0.25) is 14.6 Å². The van der Waals surface area contributed by atoms with E-state index < -0.39 is 10.3 Å². The third-order valence-corrected chi connectivity index (χ3v) is 5.52. The minimum atomic E-state index is -2.51. The molecule has 1 aliphatic carbocycles. The Kier molecular flexibility index (Phi) is 3.61. The Balaban J connectivity index is 2.10. The lowest BCUT2D eigenvalue weighted by Crippen LogP contribution is -2.17. The maximum absolute atomic E-state index is 11.4. The van der Waals surface area contributed by atoms with Crippen molar-refractivity contribution in [3.05, 3.63) is 24.3 Å². The third kappa shape index (κ3) is 2.35. The van der Waals surface area contributed by atoms with Crippen LogP contribution in [0.15, 0.2) is 18.5 Å². The van der Waals surface area contributed by atoms with E-state index in [1.54, 1.807) is 6.20 Å². The van der Waals surface area contributed by atoms with Crippen LogP contribution in [0.3, 0.4) is 0 Å². The molecule has 3 heterocycles. The van der Waals surface area contributed by atoms with Gasteiger partial charge in [0.1, 0.15) is 11.2 Å². The van der Waals surface area contributed by atoms with E-state index in [1.807, 2.05) is 16.8 Å². The summed E-state index contributed by atoms with van der Waals surface area (Å²) in [6.45, 7) is 0. The van der Waals surface area contributed by atoms with E-state index in [2.05, 4.69) is 15.0 Å². The number of fused-ring (bicyclic) bond motifs is 3. The van der Waals surface area contributed by atoms with Crippen molar-refractivity contribution in [2.75, 3.05) is 0 Å². The molecule has 3 aromatic rings. The fraction of sp³-hybridized carbons (Fsp3) is 0.400. The molecule has 3 aromatic heterocycles. The number of H-pyrrole nitrogens is 1. The van der Waals surface area contributed by atoms with Crippen LogP contribution < -0.4 is 0 Å². The summed E-state index contributed by atoms with van der Waals surface area (Å²) >= 11 is 6.05. The number of imidazole rings is 1. The van der Waals surface area contributed by atoms with E-state index in [0.717, 1.165) is 42.2 Å². The van der Waals surface area contributed by atoms with E-state index in [-0.39, 0.29) is 10.4 Å². The van der Waals surface area contributed by atoms with Gasteiger partial charge in [-0.3, -0.25) is 0 Å². The number of hydrogen-bond acceptors (Lipinski definition) is 4. The lowest BCUT2D eigenvalue weighted by molar-refractivity contribution is 0.359.